The molecule has 0 unspecified atom stereocenters. The zero-order valence-corrected chi connectivity index (χ0v) is 11.5. The highest BCUT2D eigenvalue weighted by Gasteiger charge is 2.35. The monoisotopic (exact) mass is 270 g/mol. The summed E-state index contributed by atoms with van der Waals surface area (Å²) in [4.78, 5) is 1.30. The van der Waals surface area contributed by atoms with Crippen LogP contribution in [0.25, 0.3) is 0 Å². The van der Waals surface area contributed by atoms with Crippen LogP contribution in [-0.4, -0.2) is 56.0 Å². The molecule has 0 atom stereocenters. The van der Waals surface area contributed by atoms with E-state index in [1.54, 1.807) is 7.05 Å². The summed E-state index contributed by atoms with van der Waals surface area (Å²) in [5.41, 5.74) is -0.171. The van der Waals surface area contributed by atoms with Gasteiger partial charge in [-0.05, 0) is 25.3 Å². The largest absolute Gasteiger partial charge is 0.401 e. The Labute approximate surface area is 107 Å². The van der Waals surface area contributed by atoms with Gasteiger partial charge in [0.25, 0.3) is 0 Å². The molecule has 0 aromatic rings. The van der Waals surface area contributed by atoms with E-state index in [4.69, 9.17) is 5.11 Å². The zero-order valence-electron chi connectivity index (χ0n) is 11.5. The lowest BCUT2D eigenvalue weighted by molar-refractivity contribution is -0.150. The first-order chi connectivity index (χ1) is 8.32. The number of hydrogen-bond acceptors (Lipinski definition) is 3. The third-order valence-corrected chi connectivity index (χ3v) is 3.43. The van der Waals surface area contributed by atoms with Gasteiger partial charge in [0.05, 0.1) is 13.2 Å². The van der Waals surface area contributed by atoms with Gasteiger partial charge >= 0.3 is 6.18 Å². The summed E-state index contributed by atoms with van der Waals surface area (Å²) in [6, 6.07) is 0. The van der Waals surface area contributed by atoms with Crippen LogP contribution >= 0.6 is 0 Å². The second kappa shape index (κ2) is 7.96. The SMILES string of the molecule is CCC(CC)(CNC)CN(CCO)CC(F)(F)F. The Morgan fingerprint density at radius 1 is 1.11 bits per heavy atom. The molecular formula is C12H25F3N2O. The third kappa shape index (κ3) is 6.56. The van der Waals surface area contributed by atoms with Gasteiger partial charge in [0.15, 0.2) is 0 Å². The molecule has 0 aromatic heterocycles. The third-order valence-electron chi connectivity index (χ3n) is 3.43. The predicted octanol–water partition coefficient (Wildman–Crippen LogP) is 1.87. The van der Waals surface area contributed by atoms with Crippen molar-refractivity contribution in [3.8, 4) is 0 Å². The summed E-state index contributed by atoms with van der Waals surface area (Å²) >= 11 is 0. The molecule has 0 aliphatic rings. The van der Waals surface area contributed by atoms with Crippen LogP contribution in [0.5, 0.6) is 0 Å². The zero-order chi connectivity index (χ0) is 14.2. The van der Waals surface area contributed by atoms with E-state index in [0.29, 0.717) is 13.1 Å². The van der Waals surface area contributed by atoms with Crippen molar-refractivity contribution >= 4 is 0 Å². The van der Waals surface area contributed by atoms with Crippen LogP contribution < -0.4 is 5.32 Å². The van der Waals surface area contributed by atoms with E-state index >= 15 is 0 Å². The molecule has 0 radical (unpaired) electrons. The highest BCUT2D eigenvalue weighted by atomic mass is 19.4. The highest BCUT2D eigenvalue weighted by Crippen LogP contribution is 2.28. The topological polar surface area (TPSA) is 35.5 Å². The molecular weight excluding hydrogens is 245 g/mol. The fourth-order valence-electron chi connectivity index (χ4n) is 2.24. The van der Waals surface area contributed by atoms with Crippen molar-refractivity contribution in [3.63, 3.8) is 0 Å². The van der Waals surface area contributed by atoms with Crippen molar-refractivity contribution in [1.82, 2.24) is 10.2 Å². The molecule has 0 aliphatic heterocycles. The van der Waals surface area contributed by atoms with Gasteiger partial charge in [0.2, 0.25) is 0 Å². The molecule has 3 nitrogen and oxygen atoms in total. The van der Waals surface area contributed by atoms with Crippen molar-refractivity contribution < 1.29 is 18.3 Å². The first-order valence-corrected chi connectivity index (χ1v) is 6.37. The summed E-state index contributed by atoms with van der Waals surface area (Å²) in [6.07, 6.45) is -2.60. The number of alkyl halides is 3. The van der Waals surface area contributed by atoms with Gasteiger partial charge in [-0.1, -0.05) is 13.8 Å². The minimum atomic E-state index is -4.22. The lowest BCUT2D eigenvalue weighted by atomic mass is 9.81. The standard InChI is InChI=1S/C12H25F3N2O/c1-4-11(5-2,8-16-3)9-17(6-7-18)10-12(13,14)15/h16,18H,4-10H2,1-3H3. The molecule has 0 aliphatic carbocycles. The van der Waals surface area contributed by atoms with Crippen molar-refractivity contribution in [2.45, 2.75) is 32.9 Å². The smallest absolute Gasteiger partial charge is 0.395 e. The van der Waals surface area contributed by atoms with Crippen LogP contribution in [-0.2, 0) is 0 Å². The van der Waals surface area contributed by atoms with E-state index in [-0.39, 0.29) is 18.6 Å². The number of nitrogens with zero attached hydrogens (tertiary/aromatic N) is 1. The first-order valence-electron chi connectivity index (χ1n) is 6.37. The highest BCUT2D eigenvalue weighted by molar-refractivity contribution is 4.83. The Bertz CT molecular complexity index is 218. The molecule has 0 fully saturated rings. The van der Waals surface area contributed by atoms with Gasteiger partial charge in [-0.15, -0.1) is 0 Å². The number of aliphatic hydroxyl groups is 1. The molecule has 0 saturated heterocycles. The minimum absolute atomic E-state index is 0.0605. The lowest BCUT2D eigenvalue weighted by Gasteiger charge is -2.37. The second-order valence-electron chi connectivity index (χ2n) is 4.79. The Balaban J connectivity index is 4.69. The number of aliphatic hydroxyl groups excluding tert-OH is 1. The van der Waals surface area contributed by atoms with Crippen LogP contribution in [0.15, 0.2) is 0 Å². The van der Waals surface area contributed by atoms with Gasteiger partial charge in [0, 0.05) is 19.6 Å². The maximum Gasteiger partial charge on any atom is 0.401 e. The van der Waals surface area contributed by atoms with Gasteiger partial charge in [-0.3, -0.25) is 4.90 Å². The van der Waals surface area contributed by atoms with E-state index < -0.39 is 12.7 Å². The van der Waals surface area contributed by atoms with Gasteiger partial charge < -0.3 is 10.4 Å². The number of hydrogen-bond donors (Lipinski definition) is 2. The van der Waals surface area contributed by atoms with Gasteiger partial charge in [0.1, 0.15) is 0 Å². The van der Waals surface area contributed by atoms with E-state index in [1.807, 2.05) is 13.8 Å². The van der Waals surface area contributed by atoms with Crippen LogP contribution in [0.3, 0.4) is 0 Å². The molecule has 0 bridgehead atoms. The summed E-state index contributed by atoms with van der Waals surface area (Å²) in [6.45, 7) is 3.86. The molecule has 0 rings (SSSR count). The molecule has 110 valence electrons. The average Bonchev–Trinajstić information content (AvgIpc) is 2.26. The molecule has 0 saturated carbocycles. The molecule has 0 aromatic carbocycles. The van der Waals surface area contributed by atoms with Crippen LogP contribution in [0.4, 0.5) is 13.2 Å². The van der Waals surface area contributed by atoms with Gasteiger partial charge in [-0.2, -0.15) is 13.2 Å². The van der Waals surface area contributed by atoms with E-state index in [2.05, 4.69) is 5.32 Å². The Morgan fingerprint density at radius 2 is 1.67 bits per heavy atom. The fraction of sp³-hybridized carbons (Fsp3) is 1.00. The number of rotatable bonds is 9. The lowest BCUT2D eigenvalue weighted by Crippen LogP contribution is -2.46. The number of nitrogens with one attached hydrogen (secondary N) is 1. The molecule has 18 heavy (non-hydrogen) atoms. The first kappa shape index (κ1) is 17.7. The Kier molecular flexibility index (Phi) is 7.82. The predicted molar refractivity (Wildman–Crippen MR) is 66.5 cm³/mol. The normalized spacial score (nSPS) is 13.3. The molecule has 2 N–H and O–H groups in total. The molecule has 0 heterocycles. The molecule has 0 spiro atoms. The van der Waals surface area contributed by atoms with E-state index in [9.17, 15) is 13.2 Å². The average molecular weight is 270 g/mol. The maximum atomic E-state index is 12.5. The quantitative estimate of drug-likeness (QED) is 0.671. The maximum absolute atomic E-state index is 12.5. The van der Waals surface area contributed by atoms with E-state index in [1.165, 1.54) is 4.90 Å². The van der Waals surface area contributed by atoms with Gasteiger partial charge in [-0.25, -0.2) is 0 Å². The van der Waals surface area contributed by atoms with Crippen LogP contribution in [0.1, 0.15) is 26.7 Å². The summed E-state index contributed by atoms with van der Waals surface area (Å²) in [5, 5.41) is 11.9. The van der Waals surface area contributed by atoms with Crippen molar-refractivity contribution in [2.24, 2.45) is 5.41 Å². The fourth-order valence-corrected chi connectivity index (χ4v) is 2.24. The molecule has 6 heteroatoms. The van der Waals surface area contributed by atoms with Crippen LogP contribution in [0.2, 0.25) is 0 Å². The summed E-state index contributed by atoms with van der Waals surface area (Å²) < 4.78 is 37.4. The Morgan fingerprint density at radius 3 is 2.00 bits per heavy atom. The minimum Gasteiger partial charge on any atom is -0.395 e. The van der Waals surface area contributed by atoms with Crippen LogP contribution in [0, 0.1) is 5.41 Å². The van der Waals surface area contributed by atoms with Crippen molar-refractivity contribution in [2.75, 3.05) is 39.8 Å². The summed E-state index contributed by atoms with van der Waals surface area (Å²) in [7, 11) is 1.81. The second-order valence-corrected chi connectivity index (χ2v) is 4.79. The Hall–Kier alpha value is -0.330. The van der Waals surface area contributed by atoms with Crippen molar-refractivity contribution in [3.05, 3.63) is 0 Å². The molecule has 0 amide bonds. The summed E-state index contributed by atoms with van der Waals surface area (Å²) in [5.74, 6) is 0. The number of halogens is 3. The van der Waals surface area contributed by atoms with E-state index in [0.717, 1.165) is 12.8 Å². The van der Waals surface area contributed by atoms with Crippen molar-refractivity contribution in [1.29, 1.82) is 0 Å².